The molecule has 1 aliphatic rings. The Bertz CT molecular complexity index is 1550. The van der Waals surface area contributed by atoms with Gasteiger partial charge in [0.2, 0.25) is 5.88 Å². The fraction of sp³-hybridized carbons (Fsp3) is 0.214. The van der Waals surface area contributed by atoms with Crippen molar-refractivity contribution < 1.29 is 4.74 Å². The van der Waals surface area contributed by atoms with E-state index in [1.54, 1.807) is 13.4 Å². The van der Waals surface area contributed by atoms with Gasteiger partial charge in [-0.15, -0.1) is 5.10 Å². The highest BCUT2D eigenvalue weighted by molar-refractivity contribution is 9.10. The molecule has 1 unspecified atom stereocenters. The van der Waals surface area contributed by atoms with Gasteiger partial charge in [-0.1, -0.05) is 58.4 Å². The molecule has 0 bridgehead atoms. The van der Waals surface area contributed by atoms with Crippen LogP contribution in [0.4, 0.5) is 0 Å². The fourth-order valence-corrected chi connectivity index (χ4v) is 5.24. The van der Waals surface area contributed by atoms with Gasteiger partial charge in [0.15, 0.2) is 5.82 Å². The van der Waals surface area contributed by atoms with Crippen molar-refractivity contribution in [2.24, 2.45) is 0 Å². The van der Waals surface area contributed by atoms with Gasteiger partial charge in [0.1, 0.15) is 17.2 Å². The van der Waals surface area contributed by atoms with Crippen LogP contribution >= 0.6 is 15.9 Å². The van der Waals surface area contributed by atoms with Crippen LogP contribution in [0.2, 0.25) is 0 Å². The third-order valence-corrected chi connectivity index (χ3v) is 7.05. The Hall–Kier alpha value is -3.82. The molecule has 0 saturated carbocycles. The van der Waals surface area contributed by atoms with Gasteiger partial charge < -0.3 is 9.30 Å². The van der Waals surface area contributed by atoms with Crippen LogP contribution in [0, 0.1) is 6.92 Å². The number of fused-ring (bicyclic) bond motifs is 1. The number of rotatable bonds is 6. The number of aromatic nitrogens is 6. The van der Waals surface area contributed by atoms with Crippen LogP contribution in [-0.4, -0.2) is 47.9 Å². The van der Waals surface area contributed by atoms with E-state index in [0.717, 1.165) is 41.3 Å². The summed E-state index contributed by atoms with van der Waals surface area (Å²) in [5, 5.41) is 4.87. The molecule has 9 heteroatoms. The maximum Gasteiger partial charge on any atom is 0.238 e. The van der Waals surface area contributed by atoms with Crippen molar-refractivity contribution >= 4 is 15.9 Å². The SMILES string of the molecule is COc1nc(-c2nc3n(n2)CCN(Cc2ccccc2)C3c2cccc(Br)c2)ccc1-n1cnc(C)c1. The first-order chi connectivity index (χ1) is 18.1. The first-order valence-corrected chi connectivity index (χ1v) is 12.9. The van der Waals surface area contributed by atoms with Gasteiger partial charge in [-0.2, -0.15) is 0 Å². The summed E-state index contributed by atoms with van der Waals surface area (Å²) >= 11 is 3.65. The van der Waals surface area contributed by atoms with Crippen LogP contribution in [0.25, 0.3) is 17.2 Å². The third-order valence-electron chi connectivity index (χ3n) is 6.55. The van der Waals surface area contributed by atoms with E-state index in [4.69, 9.17) is 19.8 Å². The van der Waals surface area contributed by atoms with E-state index in [-0.39, 0.29) is 6.04 Å². The van der Waals surface area contributed by atoms with E-state index >= 15 is 0 Å². The van der Waals surface area contributed by atoms with Gasteiger partial charge in [0.05, 0.1) is 31.7 Å². The predicted octanol–water partition coefficient (Wildman–Crippen LogP) is 5.21. The molecule has 37 heavy (non-hydrogen) atoms. The lowest BCUT2D eigenvalue weighted by Gasteiger charge is -2.35. The monoisotopic (exact) mass is 555 g/mol. The Labute approximate surface area is 223 Å². The number of halogens is 1. The maximum absolute atomic E-state index is 5.62. The summed E-state index contributed by atoms with van der Waals surface area (Å²) in [5.74, 6) is 1.99. The highest BCUT2D eigenvalue weighted by Gasteiger charge is 2.33. The van der Waals surface area contributed by atoms with E-state index in [0.29, 0.717) is 17.4 Å². The van der Waals surface area contributed by atoms with E-state index in [9.17, 15) is 0 Å². The van der Waals surface area contributed by atoms with Crippen LogP contribution < -0.4 is 4.74 Å². The molecule has 0 fully saturated rings. The Balaban J connectivity index is 1.39. The molecule has 1 aliphatic heterocycles. The molecule has 0 radical (unpaired) electrons. The highest BCUT2D eigenvalue weighted by atomic mass is 79.9. The van der Waals surface area contributed by atoms with Crippen LogP contribution in [0.3, 0.4) is 0 Å². The van der Waals surface area contributed by atoms with Gasteiger partial charge in [-0.25, -0.2) is 19.6 Å². The molecule has 8 nitrogen and oxygen atoms in total. The van der Waals surface area contributed by atoms with E-state index < -0.39 is 0 Å². The first-order valence-electron chi connectivity index (χ1n) is 12.1. The third kappa shape index (κ3) is 4.68. The van der Waals surface area contributed by atoms with Crippen molar-refractivity contribution in [3.63, 3.8) is 0 Å². The molecular formula is C28H26BrN7O. The summed E-state index contributed by atoms with van der Waals surface area (Å²) < 4.78 is 10.6. The molecule has 5 aromatic rings. The van der Waals surface area contributed by atoms with Crippen molar-refractivity contribution in [3.05, 3.63) is 106 Å². The molecule has 4 heterocycles. The molecule has 6 rings (SSSR count). The summed E-state index contributed by atoms with van der Waals surface area (Å²) in [6.07, 6.45) is 3.70. The maximum atomic E-state index is 5.62. The minimum Gasteiger partial charge on any atom is -0.479 e. The zero-order chi connectivity index (χ0) is 25.4. The number of imidazole rings is 1. The van der Waals surface area contributed by atoms with Gasteiger partial charge in [0.25, 0.3) is 0 Å². The quantitative estimate of drug-likeness (QED) is 0.286. The Morgan fingerprint density at radius 2 is 1.86 bits per heavy atom. The predicted molar refractivity (Wildman–Crippen MR) is 145 cm³/mol. The van der Waals surface area contributed by atoms with Crippen LogP contribution in [0.1, 0.15) is 28.7 Å². The zero-order valence-electron chi connectivity index (χ0n) is 20.6. The molecule has 0 N–H and O–H groups in total. The molecule has 0 amide bonds. The molecule has 0 spiro atoms. The number of pyridine rings is 1. The lowest BCUT2D eigenvalue weighted by atomic mass is 10.0. The summed E-state index contributed by atoms with van der Waals surface area (Å²) in [6.45, 7) is 4.39. The van der Waals surface area contributed by atoms with Gasteiger partial charge in [0, 0.05) is 23.8 Å². The minimum atomic E-state index is -0.0391. The highest BCUT2D eigenvalue weighted by Crippen LogP contribution is 2.35. The topological polar surface area (TPSA) is 73.9 Å². The lowest BCUT2D eigenvalue weighted by Crippen LogP contribution is -2.38. The van der Waals surface area contributed by atoms with Crippen LogP contribution in [0.15, 0.2) is 83.7 Å². The van der Waals surface area contributed by atoms with Crippen molar-refractivity contribution in [3.8, 4) is 23.1 Å². The number of hydrogen-bond donors (Lipinski definition) is 0. The second-order valence-corrected chi connectivity index (χ2v) is 9.99. The van der Waals surface area contributed by atoms with Gasteiger partial charge >= 0.3 is 0 Å². The molecule has 186 valence electrons. The van der Waals surface area contributed by atoms with Crippen molar-refractivity contribution in [2.45, 2.75) is 26.1 Å². The number of hydrogen-bond acceptors (Lipinski definition) is 6. The average Bonchev–Trinajstić information content (AvgIpc) is 3.55. The minimum absolute atomic E-state index is 0.0391. The Morgan fingerprint density at radius 1 is 1.00 bits per heavy atom. The van der Waals surface area contributed by atoms with Crippen molar-refractivity contribution in [1.82, 2.24) is 34.2 Å². The zero-order valence-corrected chi connectivity index (χ0v) is 22.2. The van der Waals surface area contributed by atoms with E-state index in [1.165, 1.54) is 11.1 Å². The van der Waals surface area contributed by atoms with Crippen molar-refractivity contribution in [2.75, 3.05) is 13.7 Å². The molecule has 3 aromatic heterocycles. The van der Waals surface area contributed by atoms with Crippen LogP contribution in [0.5, 0.6) is 5.88 Å². The number of methoxy groups -OCH3 is 1. The number of ether oxygens (including phenoxy) is 1. The molecule has 0 aliphatic carbocycles. The largest absolute Gasteiger partial charge is 0.479 e. The Kier molecular flexibility index (Phi) is 6.31. The standard InChI is InChI=1S/C28H26BrN7O/c1-19-16-35(18-30-19)24-12-11-23(31-28(24)37-2)26-32-27-25(21-9-6-10-22(29)15-21)34(13-14-36(27)33-26)17-20-7-4-3-5-8-20/h3-12,15-16,18,25H,13-14,17H2,1-2H3. The smallest absolute Gasteiger partial charge is 0.238 e. The normalized spacial score (nSPS) is 15.5. The van der Waals surface area contributed by atoms with Gasteiger partial charge in [-0.05, 0) is 42.3 Å². The summed E-state index contributed by atoms with van der Waals surface area (Å²) in [7, 11) is 1.62. The summed E-state index contributed by atoms with van der Waals surface area (Å²) in [4.78, 5) is 16.6. The summed E-state index contributed by atoms with van der Waals surface area (Å²) in [6, 6.07) is 22.9. The number of aryl methyl sites for hydroxylation is 1. The Morgan fingerprint density at radius 3 is 2.62 bits per heavy atom. The number of nitrogens with zero attached hydrogens (tertiary/aromatic N) is 7. The molecule has 1 atom stereocenters. The molecule has 2 aromatic carbocycles. The molecular weight excluding hydrogens is 530 g/mol. The van der Waals surface area contributed by atoms with Gasteiger partial charge in [-0.3, -0.25) is 4.90 Å². The van der Waals surface area contributed by atoms with Crippen LogP contribution in [-0.2, 0) is 13.1 Å². The fourth-order valence-electron chi connectivity index (χ4n) is 4.83. The first kappa shape index (κ1) is 23.6. The summed E-state index contributed by atoms with van der Waals surface area (Å²) in [5.41, 5.74) is 4.85. The number of benzene rings is 2. The lowest BCUT2D eigenvalue weighted by molar-refractivity contribution is 0.164. The van der Waals surface area contributed by atoms with E-state index in [2.05, 4.69) is 74.3 Å². The second-order valence-electron chi connectivity index (χ2n) is 9.08. The van der Waals surface area contributed by atoms with E-state index in [1.807, 2.05) is 40.6 Å². The average molecular weight is 556 g/mol. The molecule has 0 saturated heterocycles. The van der Waals surface area contributed by atoms with Crippen molar-refractivity contribution in [1.29, 1.82) is 0 Å². The second kappa shape index (κ2) is 9.91.